The molecule has 2 amide bonds. The third-order valence-corrected chi connectivity index (χ3v) is 5.53. The summed E-state index contributed by atoms with van der Waals surface area (Å²) < 4.78 is 14.9. The second-order valence-electron chi connectivity index (χ2n) is 7.55. The van der Waals surface area contributed by atoms with Crippen molar-refractivity contribution in [2.75, 3.05) is 12.4 Å². The molecule has 1 aromatic carbocycles. The first kappa shape index (κ1) is 22.4. The zero-order chi connectivity index (χ0) is 23.7. The summed E-state index contributed by atoms with van der Waals surface area (Å²) in [6.45, 7) is 3.45. The molecule has 4 rings (SSSR count). The smallest absolute Gasteiger partial charge is 0.276 e. The van der Waals surface area contributed by atoms with E-state index in [0.717, 1.165) is 12.8 Å². The van der Waals surface area contributed by atoms with E-state index in [1.54, 1.807) is 6.07 Å². The maximum atomic E-state index is 13.8. The van der Waals surface area contributed by atoms with Crippen LogP contribution in [0.3, 0.4) is 0 Å². The van der Waals surface area contributed by atoms with Crippen molar-refractivity contribution >= 4 is 41.7 Å². The van der Waals surface area contributed by atoms with Gasteiger partial charge in [0.25, 0.3) is 11.5 Å². The third-order valence-electron chi connectivity index (χ3n) is 5.24. The number of hydrogen-bond donors (Lipinski definition) is 3. The van der Waals surface area contributed by atoms with Gasteiger partial charge < -0.3 is 16.0 Å². The number of hydrogen-bond acceptors (Lipinski definition) is 5. The summed E-state index contributed by atoms with van der Waals surface area (Å²) >= 11 is 6.32. The Labute approximate surface area is 193 Å². The van der Waals surface area contributed by atoms with E-state index in [9.17, 15) is 18.8 Å². The zero-order valence-corrected chi connectivity index (χ0v) is 18.3. The molecule has 170 valence electrons. The minimum Gasteiger partial charge on any atom is -0.336 e. The van der Waals surface area contributed by atoms with Crippen LogP contribution >= 0.6 is 11.6 Å². The van der Waals surface area contributed by atoms with Crippen molar-refractivity contribution in [3.63, 3.8) is 0 Å². The standard InChI is InChI=1S/C22H20ClFN6O3/c1-25-16(10-17(26-2)28-20(31)11-6-7-11)27-15-9-14(23)18-21(32)29-19(30(18)22(15)33)12-4-3-5-13(24)8-12/h3-5,8-11,19H,2,6-7H2,1H3,(H,25,27)(H,28,31)(H,29,32)/b17-10+. The van der Waals surface area contributed by atoms with E-state index < -0.39 is 23.4 Å². The van der Waals surface area contributed by atoms with Gasteiger partial charge in [-0.2, -0.15) is 0 Å². The van der Waals surface area contributed by atoms with E-state index in [0.29, 0.717) is 5.56 Å². The molecule has 0 bridgehead atoms. The molecule has 0 spiro atoms. The fourth-order valence-corrected chi connectivity index (χ4v) is 3.73. The summed E-state index contributed by atoms with van der Waals surface area (Å²) in [6.07, 6.45) is 2.14. The maximum absolute atomic E-state index is 13.8. The molecule has 1 aliphatic heterocycles. The zero-order valence-electron chi connectivity index (χ0n) is 17.6. The first-order valence-corrected chi connectivity index (χ1v) is 10.4. The summed E-state index contributed by atoms with van der Waals surface area (Å²) in [7, 11) is 1.48. The van der Waals surface area contributed by atoms with Crippen molar-refractivity contribution in [1.82, 2.24) is 15.2 Å². The summed E-state index contributed by atoms with van der Waals surface area (Å²) in [5, 5.41) is 8.19. The minimum atomic E-state index is -0.934. The fourth-order valence-electron chi connectivity index (χ4n) is 3.44. The van der Waals surface area contributed by atoms with Gasteiger partial charge in [0.15, 0.2) is 0 Å². The number of nitrogens with one attached hydrogen (secondary N) is 3. The number of aromatic nitrogens is 1. The quantitative estimate of drug-likeness (QED) is 0.444. The molecule has 2 aromatic rings. The molecular formula is C22H20ClFN6O3. The Bertz CT molecular complexity index is 1280. The van der Waals surface area contributed by atoms with E-state index >= 15 is 0 Å². The Hall–Kier alpha value is -3.79. The Balaban J connectivity index is 1.68. The predicted molar refractivity (Wildman–Crippen MR) is 123 cm³/mol. The number of rotatable bonds is 6. The van der Waals surface area contributed by atoms with E-state index in [1.165, 1.54) is 42.0 Å². The van der Waals surface area contributed by atoms with E-state index in [-0.39, 0.29) is 39.9 Å². The summed E-state index contributed by atoms with van der Waals surface area (Å²) in [4.78, 5) is 45.7. The number of nitrogens with zero attached hydrogens (tertiary/aromatic N) is 3. The van der Waals surface area contributed by atoms with Crippen molar-refractivity contribution in [2.24, 2.45) is 15.9 Å². The molecule has 3 N–H and O–H groups in total. The van der Waals surface area contributed by atoms with Crippen molar-refractivity contribution in [1.29, 1.82) is 0 Å². The average Bonchev–Trinajstić information content (AvgIpc) is 3.58. The molecule has 2 aliphatic rings. The lowest BCUT2D eigenvalue weighted by atomic mass is 10.1. The molecule has 0 saturated heterocycles. The highest BCUT2D eigenvalue weighted by Crippen LogP contribution is 2.30. The first-order valence-electron chi connectivity index (χ1n) is 10.1. The van der Waals surface area contributed by atoms with Gasteiger partial charge in [0.2, 0.25) is 5.91 Å². The van der Waals surface area contributed by atoms with Gasteiger partial charge in [-0.15, -0.1) is 0 Å². The molecule has 0 radical (unpaired) electrons. The number of anilines is 1. The normalized spacial score (nSPS) is 17.9. The summed E-state index contributed by atoms with van der Waals surface area (Å²) in [5.41, 5.74) is -0.207. The van der Waals surface area contributed by atoms with Crippen LogP contribution in [0.1, 0.15) is 35.1 Å². The molecular weight excluding hydrogens is 451 g/mol. The van der Waals surface area contributed by atoms with Crippen LogP contribution in [-0.4, -0.2) is 36.0 Å². The van der Waals surface area contributed by atoms with E-state index in [4.69, 9.17) is 11.6 Å². The van der Waals surface area contributed by atoms with Crippen molar-refractivity contribution in [2.45, 2.75) is 19.0 Å². The van der Waals surface area contributed by atoms with E-state index in [2.05, 4.69) is 32.7 Å². The number of fused-ring (bicyclic) bond motifs is 1. The second kappa shape index (κ2) is 8.99. The van der Waals surface area contributed by atoms with Crippen LogP contribution in [0.4, 0.5) is 10.1 Å². The van der Waals surface area contributed by atoms with Crippen LogP contribution < -0.4 is 21.5 Å². The van der Waals surface area contributed by atoms with Crippen LogP contribution in [-0.2, 0) is 4.79 Å². The molecule has 1 saturated carbocycles. The Morgan fingerprint density at radius 3 is 2.73 bits per heavy atom. The van der Waals surface area contributed by atoms with Gasteiger partial charge in [-0.3, -0.25) is 23.9 Å². The highest BCUT2D eigenvalue weighted by Gasteiger charge is 2.34. The maximum Gasteiger partial charge on any atom is 0.276 e. The molecule has 33 heavy (non-hydrogen) atoms. The number of carbonyl (C=O) groups is 2. The fraction of sp³-hybridized carbons (Fsp3) is 0.227. The van der Waals surface area contributed by atoms with Gasteiger partial charge in [-0.1, -0.05) is 23.7 Å². The molecule has 2 heterocycles. The number of halogens is 2. The number of amidine groups is 1. The Morgan fingerprint density at radius 2 is 2.09 bits per heavy atom. The highest BCUT2D eigenvalue weighted by molar-refractivity contribution is 6.34. The molecule has 1 fully saturated rings. The summed E-state index contributed by atoms with van der Waals surface area (Å²) in [5.74, 6) is -0.888. The Morgan fingerprint density at radius 1 is 1.33 bits per heavy atom. The average molecular weight is 471 g/mol. The van der Waals surface area contributed by atoms with Gasteiger partial charge in [-0.25, -0.2) is 9.38 Å². The second-order valence-corrected chi connectivity index (χ2v) is 7.95. The number of benzene rings is 1. The topological polar surface area (TPSA) is 117 Å². The molecule has 1 aromatic heterocycles. The van der Waals surface area contributed by atoms with Crippen LogP contribution in [0.5, 0.6) is 0 Å². The van der Waals surface area contributed by atoms with Gasteiger partial charge in [0.05, 0.1) is 5.02 Å². The van der Waals surface area contributed by atoms with Crippen molar-refractivity contribution < 1.29 is 14.0 Å². The molecule has 9 nitrogen and oxygen atoms in total. The first-order chi connectivity index (χ1) is 15.8. The Kier molecular flexibility index (Phi) is 6.10. The number of carbonyl (C=O) groups excluding carboxylic acids is 2. The molecule has 11 heteroatoms. The predicted octanol–water partition coefficient (Wildman–Crippen LogP) is 2.44. The van der Waals surface area contributed by atoms with Gasteiger partial charge in [0, 0.05) is 19.0 Å². The third kappa shape index (κ3) is 4.56. The summed E-state index contributed by atoms with van der Waals surface area (Å²) in [6, 6.07) is 6.88. The highest BCUT2D eigenvalue weighted by atomic mass is 35.5. The monoisotopic (exact) mass is 470 g/mol. The SMILES string of the molecule is C=N/C(=C\C(=N/C)Nc1cc(Cl)c2n(c1=O)C(c1cccc(F)c1)NC2=O)NC(=O)C1CC1. The van der Waals surface area contributed by atoms with E-state index in [1.807, 2.05) is 0 Å². The lowest BCUT2D eigenvalue weighted by Gasteiger charge is -2.16. The number of amides is 2. The molecule has 1 unspecified atom stereocenters. The van der Waals surface area contributed by atoms with Crippen LogP contribution in [0.2, 0.25) is 5.02 Å². The van der Waals surface area contributed by atoms with Crippen molar-refractivity contribution in [3.05, 3.63) is 74.7 Å². The molecule has 1 atom stereocenters. The van der Waals surface area contributed by atoms with Gasteiger partial charge >= 0.3 is 0 Å². The largest absolute Gasteiger partial charge is 0.336 e. The van der Waals surface area contributed by atoms with Gasteiger partial charge in [-0.05, 0) is 43.3 Å². The number of pyridine rings is 1. The van der Waals surface area contributed by atoms with Crippen LogP contribution in [0.15, 0.2) is 57.0 Å². The van der Waals surface area contributed by atoms with Crippen LogP contribution in [0.25, 0.3) is 0 Å². The minimum absolute atomic E-state index is 0.0236. The van der Waals surface area contributed by atoms with Crippen LogP contribution in [0, 0.1) is 11.7 Å². The lowest BCUT2D eigenvalue weighted by Crippen LogP contribution is -2.31. The number of aliphatic imine (C=N–C) groups is 2. The van der Waals surface area contributed by atoms with Crippen molar-refractivity contribution in [3.8, 4) is 0 Å². The molecule has 1 aliphatic carbocycles. The van der Waals surface area contributed by atoms with Gasteiger partial charge in [0.1, 0.15) is 35.0 Å². The lowest BCUT2D eigenvalue weighted by molar-refractivity contribution is -0.121.